The molecule has 5 heteroatoms. The predicted octanol–water partition coefficient (Wildman–Crippen LogP) is 3.81. The van der Waals surface area contributed by atoms with E-state index in [0.29, 0.717) is 12.0 Å². The quantitative estimate of drug-likeness (QED) is 0.423. The minimum Gasteiger partial charge on any atom is -0.203 e. The van der Waals surface area contributed by atoms with Crippen molar-refractivity contribution in [3.05, 3.63) is 58.5 Å². The maximum atomic E-state index is 13.3. The van der Waals surface area contributed by atoms with Crippen LogP contribution in [0, 0.1) is 29.1 Å². The molecule has 0 heterocycles. The van der Waals surface area contributed by atoms with Crippen LogP contribution in [0.4, 0.5) is 22.0 Å². The van der Waals surface area contributed by atoms with Gasteiger partial charge in [0.05, 0.1) is 0 Å². The fourth-order valence-electron chi connectivity index (χ4n) is 1.65. The summed E-state index contributed by atoms with van der Waals surface area (Å²) in [5, 5.41) is 0. The molecule has 0 amide bonds. The van der Waals surface area contributed by atoms with Gasteiger partial charge in [-0.05, 0) is 12.0 Å². The molecule has 0 N–H and O–H groups in total. The van der Waals surface area contributed by atoms with Crippen molar-refractivity contribution in [1.29, 1.82) is 0 Å². The van der Waals surface area contributed by atoms with Gasteiger partial charge in [-0.15, -0.1) is 0 Å². The van der Waals surface area contributed by atoms with Crippen LogP contribution in [0.15, 0.2) is 23.8 Å². The molecule has 0 fully saturated rings. The van der Waals surface area contributed by atoms with Crippen LogP contribution in [0.3, 0.4) is 0 Å². The van der Waals surface area contributed by atoms with E-state index in [2.05, 4.69) is 0 Å². The molecule has 0 bridgehead atoms. The topological polar surface area (TPSA) is 0 Å². The first kappa shape index (κ1) is 11.8. The van der Waals surface area contributed by atoms with E-state index in [1.165, 1.54) is 0 Å². The molecule has 0 saturated carbocycles. The summed E-state index contributed by atoms with van der Waals surface area (Å²) in [5.41, 5.74) is -0.257. The van der Waals surface area contributed by atoms with E-state index >= 15 is 0 Å². The molecule has 1 aliphatic carbocycles. The molecule has 0 unspecified atom stereocenters. The van der Waals surface area contributed by atoms with E-state index in [1.54, 1.807) is 18.2 Å². The monoisotopic (exact) mass is 246 g/mol. The Hall–Kier alpha value is -1.65. The summed E-state index contributed by atoms with van der Waals surface area (Å²) >= 11 is 0. The van der Waals surface area contributed by atoms with Gasteiger partial charge in [-0.25, -0.2) is 22.0 Å². The molecule has 90 valence electrons. The SMILES string of the molecule is Fc1c(F)c(F)c(CC2=CCC=C2)c(F)c1F. The molecule has 0 atom stereocenters. The van der Waals surface area contributed by atoms with Crippen LogP contribution in [0.1, 0.15) is 12.0 Å². The van der Waals surface area contributed by atoms with E-state index < -0.39 is 34.6 Å². The van der Waals surface area contributed by atoms with Crippen LogP contribution in [0.5, 0.6) is 0 Å². The highest BCUT2D eigenvalue weighted by Gasteiger charge is 2.25. The summed E-state index contributed by atoms with van der Waals surface area (Å²) in [6.07, 6.45) is 5.30. The van der Waals surface area contributed by atoms with E-state index in [9.17, 15) is 22.0 Å². The normalized spacial score (nSPS) is 14.3. The van der Waals surface area contributed by atoms with Gasteiger partial charge in [-0.2, -0.15) is 0 Å². The van der Waals surface area contributed by atoms with Gasteiger partial charge in [-0.3, -0.25) is 0 Å². The molecule has 0 saturated heterocycles. The number of halogens is 5. The molecular weight excluding hydrogens is 239 g/mol. The lowest BCUT2D eigenvalue weighted by Crippen LogP contribution is -2.07. The average molecular weight is 246 g/mol. The Labute approximate surface area is 94.1 Å². The molecule has 0 aliphatic heterocycles. The smallest absolute Gasteiger partial charge is 0.200 e. The van der Waals surface area contributed by atoms with Crippen molar-refractivity contribution in [2.45, 2.75) is 12.8 Å². The summed E-state index contributed by atoms with van der Waals surface area (Å²) in [6, 6.07) is 0. The molecule has 0 aromatic heterocycles. The summed E-state index contributed by atoms with van der Waals surface area (Å²) in [4.78, 5) is 0. The molecule has 17 heavy (non-hydrogen) atoms. The largest absolute Gasteiger partial charge is 0.203 e. The highest BCUT2D eigenvalue weighted by molar-refractivity contribution is 5.35. The van der Waals surface area contributed by atoms with Crippen molar-refractivity contribution in [2.75, 3.05) is 0 Å². The molecular formula is C12H7F5. The van der Waals surface area contributed by atoms with Gasteiger partial charge >= 0.3 is 0 Å². The first-order valence-corrected chi connectivity index (χ1v) is 4.88. The summed E-state index contributed by atoms with van der Waals surface area (Å²) in [7, 11) is 0. The zero-order chi connectivity index (χ0) is 12.6. The second-order valence-corrected chi connectivity index (χ2v) is 3.64. The molecule has 0 radical (unpaired) electrons. The Balaban J connectivity index is 2.50. The summed E-state index contributed by atoms with van der Waals surface area (Å²) in [5.74, 6) is -9.45. The standard InChI is InChI=1S/C12H7F5/c13-8-7(5-6-3-1-2-4-6)9(14)11(16)12(17)10(8)15/h1,3-4H,2,5H2. The number of hydrogen-bond acceptors (Lipinski definition) is 0. The van der Waals surface area contributed by atoms with Gasteiger partial charge in [-0.1, -0.05) is 18.2 Å². The lowest BCUT2D eigenvalue weighted by Gasteiger charge is -2.07. The predicted molar refractivity (Wildman–Crippen MR) is 51.8 cm³/mol. The summed E-state index contributed by atoms with van der Waals surface area (Å²) in [6.45, 7) is 0. The second kappa shape index (κ2) is 4.31. The van der Waals surface area contributed by atoms with Gasteiger partial charge in [0.15, 0.2) is 23.3 Å². The van der Waals surface area contributed by atoms with Crippen LogP contribution in [0.2, 0.25) is 0 Å². The maximum absolute atomic E-state index is 13.3. The lowest BCUT2D eigenvalue weighted by atomic mass is 10.0. The minimum atomic E-state index is -2.13. The molecule has 0 nitrogen and oxygen atoms in total. The third-order valence-electron chi connectivity index (χ3n) is 2.53. The highest BCUT2D eigenvalue weighted by atomic mass is 19.2. The van der Waals surface area contributed by atoms with Crippen molar-refractivity contribution >= 4 is 0 Å². The van der Waals surface area contributed by atoms with Crippen molar-refractivity contribution in [3.63, 3.8) is 0 Å². The van der Waals surface area contributed by atoms with E-state index in [-0.39, 0.29) is 6.42 Å². The number of benzene rings is 1. The minimum absolute atomic E-state index is 0.303. The van der Waals surface area contributed by atoms with Gasteiger partial charge in [0.2, 0.25) is 5.82 Å². The van der Waals surface area contributed by atoms with Crippen molar-refractivity contribution in [1.82, 2.24) is 0 Å². The van der Waals surface area contributed by atoms with Crippen molar-refractivity contribution in [3.8, 4) is 0 Å². The van der Waals surface area contributed by atoms with Gasteiger partial charge in [0.25, 0.3) is 0 Å². The average Bonchev–Trinajstić information content (AvgIpc) is 2.82. The zero-order valence-electron chi connectivity index (χ0n) is 8.54. The van der Waals surface area contributed by atoms with E-state index in [1.807, 2.05) is 0 Å². The lowest BCUT2D eigenvalue weighted by molar-refractivity contribution is 0.371. The van der Waals surface area contributed by atoms with E-state index in [4.69, 9.17) is 0 Å². The Kier molecular flexibility index (Phi) is 3.00. The van der Waals surface area contributed by atoms with Gasteiger partial charge in [0.1, 0.15) is 0 Å². The van der Waals surface area contributed by atoms with Gasteiger partial charge in [0, 0.05) is 12.0 Å². The Morgan fingerprint density at radius 1 is 0.824 bits per heavy atom. The van der Waals surface area contributed by atoms with Crippen LogP contribution < -0.4 is 0 Å². The Morgan fingerprint density at radius 3 is 1.82 bits per heavy atom. The molecule has 1 aromatic carbocycles. The fraction of sp³-hybridized carbons (Fsp3) is 0.167. The van der Waals surface area contributed by atoms with E-state index in [0.717, 1.165) is 0 Å². The molecule has 0 spiro atoms. The number of hydrogen-bond donors (Lipinski definition) is 0. The van der Waals surface area contributed by atoms with Crippen LogP contribution in [0.25, 0.3) is 0 Å². The van der Waals surface area contributed by atoms with Crippen LogP contribution >= 0.6 is 0 Å². The Morgan fingerprint density at radius 2 is 1.35 bits per heavy atom. The van der Waals surface area contributed by atoms with Crippen LogP contribution in [-0.2, 0) is 6.42 Å². The van der Waals surface area contributed by atoms with Crippen LogP contribution in [-0.4, -0.2) is 0 Å². The number of rotatable bonds is 2. The third kappa shape index (κ3) is 1.97. The number of allylic oxidation sites excluding steroid dienone is 4. The third-order valence-corrected chi connectivity index (χ3v) is 2.53. The first-order chi connectivity index (χ1) is 8.02. The maximum Gasteiger partial charge on any atom is 0.200 e. The second-order valence-electron chi connectivity index (χ2n) is 3.64. The van der Waals surface area contributed by atoms with Crippen molar-refractivity contribution in [2.24, 2.45) is 0 Å². The molecule has 1 aliphatic rings. The Bertz CT molecular complexity index is 499. The molecule has 1 aromatic rings. The highest BCUT2D eigenvalue weighted by Crippen LogP contribution is 2.26. The zero-order valence-corrected chi connectivity index (χ0v) is 8.54. The van der Waals surface area contributed by atoms with Gasteiger partial charge < -0.3 is 0 Å². The molecule has 2 rings (SSSR count). The van der Waals surface area contributed by atoms with Crippen molar-refractivity contribution < 1.29 is 22.0 Å². The first-order valence-electron chi connectivity index (χ1n) is 4.88. The summed E-state index contributed by atoms with van der Waals surface area (Å²) < 4.78 is 65.1. The fourth-order valence-corrected chi connectivity index (χ4v) is 1.65.